The summed E-state index contributed by atoms with van der Waals surface area (Å²) < 4.78 is 10.4. The molecule has 0 spiro atoms. The van der Waals surface area contributed by atoms with Gasteiger partial charge in [-0.05, 0) is 31.5 Å². The first-order chi connectivity index (χ1) is 8.61. The molecule has 0 aliphatic heterocycles. The number of anilines is 1. The van der Waals surface area contributed by atoms with Gasteiger partial charge in [-0.2, -0.15) is 0 Å². The minimum Gasteiger partial charge on any atom is -0.389 e. The fraction of sp³-hybridized carbons (Fsp3) is 0.571. The molecule has 102 valence electrons. The second-order valence-corrected chi connectivity index (χ2v) is 4.55. The largest absolute Gasteiger partial charge is 0.389 e. The Bertz CT molecular complexity index is 324. The first-order valence-electron chi connectivity index (χ1n) is 6.23. The number of methoxy groups -OCH3 is 1. The van der Waals surface area contributed by atoms with Gasteiger partial charge in [-0.15, -0.1) is 0 Å². The van der Waals surface area contributed by atoms with Crippen LogP contribution in [0.4, 0.5) is 5.69 Å². The molecule has 2 N–H and O–H groups in total. The van der Waals surface area contributed by atoms with E-state index in [4.69, 9.17) is 9.47 Å². The summed E-state index contributed by atoms with van der Waals surface area (Å²) in [6.45, 7) is 5.36. The molecule has 0 fully saturated rings. The fourth-order valence-corrected chi connectivity index (χ4v) is 1.48. The number of hydrogen-bond acceptors (Lipinski definition) is 4. The zero-order chi connectivity index (χ0) is 13.4. The predicted octanol–water partition coefficient (Wildman–Crippen LogP) is 2.03. The second-order valence-electron chi connectivity index (χ2n) is 4.55. The summed E-state index contributed by atoms with van der Waals surface area (Å²) in [5.41, 5.74) is 2.12. The molecule has 1 aromatic carbocycles. The van der Waals surface area contributed by atoms with Crippen LogP contribution < -0.4 is 5.32 Å². The Hall–Kier alpha value is -1.10. The maximum atomic E-state index is 9.69. The van der Waals surface area contributed by atoms with Gasteiger partial charge in [0.05, 0.1) is 25.4 Å². The minimum atomic E-state index is -0.494. The number of benzene rings is 1. The second kappa shape index (κ2) is 8.08. The van der Waals surface area contributed by atoms with Crippen LogP contribution in [0.15, 0.2) is 24.3 Å². The Balaban J connectivity index is 2.29. The summed E-state index contributed by atoms with van der Waals surface area (Å²) in [6.07, 6.45) is -0.348. The van der Waals surface area contributed by atoms with Crippen molar-refractivity contribution in [2.75, 3.05) is 25.6 Å². The SMILES string of the molecule is COCc1ccc(NCC(O)COC(C)C)cc1. The summed E-state index contributed by atoms with van der Waals surface area (Å²) in [6, 6.07) is 7.96. The highest BCUT2D eigenvalue weighted by Gasteiger charge is 2.05. The molecule has 4 nitrogen and oxygen atoms in total. The van der Waals surface area contributed by atoms with Crippen molar-refractivity contribution >= 4 is 5.69 Å². The van der Waals surface area contributed by atoms with E-state index in [0.717, 1.165) is 11.3 Å². The van der Waals surface area contributed by atoms with Crippen LogP contribution in [0.5, 0.6) is 0 Å². The van der Waals surface area contributed by atoms with E-state index in [0.29, 0.717) is 19.8 Å². The van der Waals surface area contributed by atoms with E-state index in [2.05, 4.69) is 5.32 Å². The van der Waals surface area contributed by atoms with Crippen LogP contribution >= 0.6 is 0 Å². The van der Waals surface area contributed by atoms with Crippen molar-refractivity contribution in [2.24, 2.45) is 0 Å². The van der Waals surface area contributed by atoms with Crippen molar-refractivity contribution in [3.05, 3.63) is 29.8 Å². The average Bonchev–Trinajstić information content (AvgIpc) is 2.36. The predicted molar refractivity (Wildman–Crippen MR) is 72.7 cm³/mol. The zero-order valence-corrected chi connectivity index (χ0v) is 11.3. The maximum absolute atomic E-state index is 9.69. The zero-order valence-electron chi connectivity index (χ0n) is 11.3. The molecule has 0 saturated heterocycles. The molecule has 0 aromatic heterocycles. The number of hydrogen-bond donors (Lipinski definition) is 2. The lowest BCUT2D eigenvalue weighted by Crippen LogP contribution is -2.26. The van der Waals surface area contributed by atoms with Gasteiger partial charge in [0.1, 0.15) is 0 Å². The first-order valence-corrected chi connectivity index (χ1v) is 6.23. The van der Waals surface area contributed by atoms with Gasteiger partial charge in [-0.3, -0.25) is 0 Å². The lowest BCUT2D eigenvalue weighted by atomic mass is 10.2. The topological polar surface area (TPSA) is 50.7 Å². The van der Waals surface area contributed by atoms with Crippen molar-refractivity contribution in [1.29, 1.82) is 0 Å². The molecule has 1 rings (SSSR count). The summed E-state index contributed by atoms with van der Waals surface area (Å²) in [5.74, 6) is 0. The summed E-state index contributed by atoms with van der Waals surface area (Å²) in [7, 11) is 1.68. The van der Waals surface area contributed by atoms with E-state index in [1.807, 2.05) is 38.1 Å². The van der Waals surface area contributed by atoms with Crippen LogP contribution in [-0.2, 0) is 16.1 Å². The molecule has 0 bridgehead atoms. The number of nitrogens with one attached hydrogen (secondary N) is 1. The molecule has 0 aliphatic carbocycles. The number of aliphatic hydroxyl groups excluding tert-OH is 1. The Morgan fingerprint density at radius 2 is 1.89 bits per heavy atom. The van der Waals surface area contributed by atoms with Gasteiger partial charge in [0, 0.05) is 19.3 Å². The van der Waals surface area contributed by atoms with Crippen molar-refractivity contribution in [3.63, 3.8) is 0 Å². The van der Waals surface area contributed by atoms with Crippen LogP contribution in [-0.4, -0.2) is 37.6 Å². The van der Waals surface area contributed by atoms with Gasteiger partial charge in [-0.1, -0.05) is 12.1 Å². The molecule has 18 heavy (non-hydrogen) atoms. The standard InChI is InChI=1S/C14H23NO3/c1-11(2)18-10-14(16)8-15-13-6-4-12(5-7-13)9-17-3/h4-7,11,14-16H,8-10H2,1-3H3. The molecule has 0 saturated carbocycles. The molecule has 0 amide bonds. The Kier molecular flexibility index (Phi) is 6.72. The third-order valence-corrected chi connectivity index (χ3v) is 2.43. The molecule has 1 atom stereocenters. The molecule has 4 heteroatoms. The monoisotopic (exact) mass is 253 g/mol. The normalized spacial score (nSPS) is 12.7. The van der Waals surface area contributed by atoms with Crippen LogP contribution in [0.3, 0.4) is 0 Å². The van der Waals surface area contributed by atoms with Crippen molar-refractivity contribution in [3.8, 4) is 0 Å². The molecule has 0 heterocycles. The average molecular weight is 253 g/mol. The Morgan fingerprint density at radius 1 is 1.22 bits per heavy atom. The van der Waals surface area contributed by atoms with E-state index in [1.165, 1.54) is 0 Å². The van der Waals surface area contributed by atoms with Crippen molar-refractivity contribution < 1.29 is 14.6 Å². The summed E-state index contributed by atoms with van der Waals surface area (Å²) in [5, 5.41) is 12.9. The van der Waals surface area contributed by atoms with Crippen LogP contribution in [0.25, 0.3) is 0 Å². The summed E-state index contributed by atoms with van der Waals surface area (Å²) in [4.78, 5) is 0. The van der Waals surface area contributed by atoms with Gasteiger partial charge in [0.15, 0.2) is 0 Å². The van der Waals surface area contributed by atoms with E-state index in [-0.39, 0.29) is 6.10 Å². The van der Waals surface area contributed by atoms with Gasteiger partial charge in [0.25, 0.3) is 0 Å². The van der Waals surface area contributed by atoms with E-state index >= 15 is 0 Å². The molecule has 1 unspecified atom stereocenters. The first kappa shape index (κ1) is 15.0. The minimum absolute atomic E-state index is 0.146. The Labute approximate surface area is 109 Å². The van der Waals surface area contributed by atoms with E-state index in [9.17, 15) is 5.11 Å². The Morgan fingerprint density at radius 3 is 2.44 bits per heavy atom. The number of aliphatic hydroxyl groups is 1. The van der Waals surface area contributed by atoms with Gasteiger partial charge >= 0.3 is 0 Å². The van der Waals surface area contributed by atoms with Crippen LogP contribution in [0.2, 0.25) is 0 Å². The smallest absolute Gasteiger partial charge is 0.0945 e. The van der Waals surface area contributed by atoms with Crippen LogP contribution in [0, 0.1) is 0 Å². The third kappa shape index (κ3) is 6.00. The lowest BCUT2D eigenvalue weighted by molar-refractivity contribution is 0.0112. The third-order valence-electron chi connectivity index (χ3n) is 2.43. The van der Waals surface area contributed by atoms with E-state index in [1.54, 1.807) is 7.11 Å². The van der Waals surface area contributed by atoms with Gasteiger partial charge in [0.2, 0.25) is 0 Å². The summed E-state index contributed by atoms with van der Waals surface area (Å²) >= 11 is 0. The number of rotatable bonds is 8. The number of ether oxygens (including phenoxy) is 2. The van der Waals surface area contributed by atoms with Crippen LogP contribution in [0.1, 0.15) is 19.4 Å². The molecular weight excluding hydrogens is 230 g/mol. The molecule has 0 aliphatic rings. The quantitative estimate of drug-likeness (QED) is 0.744. The van der Waals surface area contributed by atoms with E-state index < -0.39 is 6.10 Å². The highest BCUT2D eigenvalue weighted by atomic mass is 16.5. The van der Waals surface area contributed by atoms with Crippen molar-refractivity contribution in [1.82, 2.24) is 0 Å². The fourth-order valence-electron chi connectivity index (χ4n) is 1.48. The van der Waals surface area contributed by atoms with Crippen molar-refractivity contribution in [2.45, 2.75) is 32.7 Å². The maximum Gasteiger partial charge on any atom is 0.0945 e. The molecule has 0 radical (unpaired) electrons. The van der Waals surface area contributed by atoms with Gasteiger partial charge < -0.3 is 19.9 Å². The highest BCUT2D eigenvalue weighted by Crippen LogP contribution is 2.10. The highest BCUT2D eigenvalue weighted by molar-refractivity contribution is 5.44. The van der Waals surface area contributed by atoms with Gasteiger partial charge in [-0.25, -0.2) is 0 Å². The molecule has 1 aromatic rings. The lowest BCUT2D eigenvalue weighted by Gasteiger charge is -2.15. The molecular formula is C14H23NO3.